The molecule has 2 aromatic carbocycles. The van der Waals surface area contributed by atoms with Gasteiger partial charge in [0.05, 0.1) is 13.2 Å². The van der Waals surface area contributed by atoms with Gasteiger partial charge < -0.3 is 15.1 Å². The fourth-order valence-electron chi connectivity index (χ4n) is 2.10. The molecule has 0 amide bonds. The molecule has 0 aliphatic rings. The van der Waals surface area contributed by atoms with E-state index in [2.05, 4.69) is 11.1 Å². The largest absolute Gasteiger partial charge is 0.498 e. The van der Waals surface area contributed by atoms with Crippen LogP contribution < -0.4 is 0 Å². The van der Waals surface area contributed by atoms with Crippen LogP contribution in [0.15, 0.2) is 60.7 Å². The zero-order chi connectivity index (χ0) is 14.3. The fourth-order valence-corrected chi connectivity index (χ4v) is 2.10. The van der Waals surface area contributed by atoms with E-state index in [1.54, 1.807) is 0 Å². The summed E-state index contributed by atoms with van der Waals surface area (Å²) in [7, 11) is 0. The van der Waals surface area contributed by atoms with Gasteiger partial charge in [-0.2, -0.15) is 0 Å². The molecule has 0 atom stereocenters. The smallest absolute Gasteiger partial charge is 0.344 e. The van der Waals surface area contributed by atoms with Crippen LogP contribution in [0.2, 0.25) is 0 Å². The van der Waals surface area contributed by atoms with E-state index in [0.717, 1.165) is 11.1 Å². The molecule has 0 aliphatic heterocycles. The second-order valence-electron chi connectivity index (χ2n) is 4.19. The summed E-state index contributed by atoms with van der Waals surface area (Å²) in [6.45, 7) is -0.0751. The summed E-state index contributed by atoms with van der Waals surface area (Å²) in [4.78, 5) is 0. The van der Waals surface area contributed by atoms with E-state index in [0.29, 0.717) is 0 Å². The molecule has 0 bridgehead atoms. The van der Waals surface area contributed by atoms with Crippen molar-refractivity contribution in [2.75, 3.05) is 13.2 Å². The van der Waals surface area contributed by atoms with Crippen LogP contribution in [0, 0.1) is 11.3 Å². The van der Waals surface area contributed by atoms with Crippen LogP contribution in [0.4, 0.5) is 0 Å². The van der Waals surface area contributed by atoms with E-state index in [4.69, 9.17) is 9.84 Å². The lowest BCUT2D eigenvalue weighted by molar-refractivity contribution is 0.00494. The summed E-state index contributed by atoms with van der Waals surface area (Å²) >= 11 is 0. The van der Waals surface area contributed by atoms with E-state index in [1.807, 2.05) is 60.7 Å². The first-order chi connectivity index (χ1) is 9.83. The van der Waals surface area contributed by atoms with Gasteiger partial charge in [0.25, 0.3) is 5.60 Å². The third kappa shape index (κ3) is 2.80. The molecule has 0 saturated heterocycles. The second-order valence-corrected chi connectivity index (χ2v) is 4.19. The highest BCUT2D eigenvalue weighted by atomic mass is 16.5. The van der Waals surface area contributed by atoms with Gasteiger partial charge in [0.15, 0.2) is 0 Å². The lowest BCUT2D eigenvalue weighted by Crippen LogP contribution is -2.30. The highest BCUT2D eigenvalue weighted by Crippen LogP contribution is 2.33. The number of hydrogen-bond acceptors (Lipinski definition) is 3. The van der Waals surface area contributed by atoms with E-state index in [9.17, 15) is 5.21 Å². The first-order valence-electron chi connectivity index (χ1n) is 6.29. The molecule has 0 spiro atoms. The standard InChI is InChI=1S/C16H15NO3/c18-11-12-20-16(13-17-19,14-7-3-1-4-8-14)15-9-5-2-6-10-15/h1-10,18H,11-12H2. The summed E-state index contributed by atoms with van der Waals surface area (Å²) < 4.78 is 5.74. The maximum Gasteiger partial charge on any atom is 0.344 e. The number of ether oxygens (including phenoxy) is 1. The van der Waals surface area contributed by atoms with Crippen molar-refractivity contribution in [2.24, 2.45) is 0 Å². The van der Waals surface area contributed by atoms with Crippen molar-refractivity contribution in [2.45, 2.75) is 5.60 Å². The van der Waals surface area contributed by atoms with Crippen LogP contribution in [0.1, 0.15) is 11.1 Å². The molecule has 20 heavy (non-hydrogen) atoms. The Bertz CT molecular complexity index is 548. The Labute approximate surface area is 117 Å². The normalized spacial score (nSPS) is 10.7. The van der Waals surface area contributed by atoms with Crippen LogP contribution in [0.25, 0.3) is 5.01 Å². The van der Waals surface area contributed by atoms with Crippen molar-refractivity contribution in [1.82, 2.24) is 0 Å². The molecule has 0 radical (unpaired) electrons. The van der Waals surface area contributed by atoms with Crippen LogP contribution in [-0.2, 0) is 10.3 Å². The minimum atomic E-state index is -1.20. The molecule has 4 heteroatoms. The topological polar surface area (TPSA) is 56.9 Å². The summed E-state index contributed by atoms with van der Waals surface area (Å²) in [5, 5.41) is 22.7. The first kappa shape index (κ1) is 14.1. The van der Waals surface area contributed by atoms with Gasteiger partial charge in [-0.25, -0.2) is 0 Å². The number of nitrogens with zero attached hydrogens (tertiary/aromatic N) is 1. The Balaban J connectivity index is 2.58. The van der Waals surface area contributed by atoms with Crippen molar-refractivity contribution in [3.8, 4) is 6.07 Å². The molecule has 0 unspecified atom stereocenters. The monoisotopic (exact) mass is 269 g/mol. The van der Waals surface area contributed by atoms with Crippen LogP contribution in [0.3, 0.4) is 0 Å². The maximum atomic E-state index is 10.8. The summed E-state index contributed by atoms with van der Waals surface area (Å²) in [5.41, 5.74) is 0.269. The van der Waals surface area contributed by atoms with Crippen molar-refractivity contribution >= 4 is 0 Å². The molecular formula is C16H15NO3. The van der Waals surface area contributed by atoms with Gasteiger partial charge in [0.2, 0.25) is 0 Å². The average Bonchev–Trinajstić information content (AvgIpc) is 2.53. The average molecular weight is 269 g/mol. The molecule has 0 aliphatic carbocycles. The van der Waals surface area contributed by atoms with Crippen LogP contribution in [-0.4, -0.2) is 18.3 Å². The van der Waals surface area contributed by atoms with Crippen molar-refractivity contribution in [1.29, 1.82) is 0 Å². The van der Waals surface area contributed by atoms with Crippen molar-refractivity contribution in [3.63, 3.8) is 0 Å². The maximum absolute atomic E-state index is 10.8. The van der Waals surface area contributed by atoms with Crippen molar-refractivity contribution in [3.05, 3.63) is 82.0 Å². The number of aliphatic hydroxyl groups is 1. The number of aliphatic hydroxyl groups excluding tert-OH is 1. The minimum absolute atomic E-state index is 0.0757. The Morgan fingerprint density at radius 3 is 1.90 bits per heavy atom. The zero-order valence-electron chi connectivity index (χ0n) is 10.9. The highest BCUT2D eigenvalue weighted by molar-refractivity contribution is 5.43. The van der Waals surface area contributed by atoms with Crippen molar-refractivity contribution < 1.29 is 9.84 Å². The molecule has 0 saturated carbocycles. The number of rotatable bonds is 5. The predicted molar refractivity (Wildman–Crippen MR) is 77.3 cm³/mol. The van der Waals surface area contributed by atoms with Gasteiger partial charge in [-0.1, -0.05) is 60.7 Å². The van der Waals surface area contributed by atoms with Gasteiger partial charge in [-0.15, -0.1) is 0 Å². The predicted octanol–water partition coefficient (Wildman–Crippen LogP) is 2.77. The van der Waals surface area contributed by atoms with Gasteiger partial charge in [0.1, 0.15) is 0 Å². The summed E-state index contributed by atoms with van der Waals surface area (Å²) in [6, 6.07) is 21.0. The molecule has 2 rings (SSSR count). The van der Waals surface area contributed by atoms with E-state index in [-0.39, 0.29) is 13.2 Å². The van der Waals surface area contributed by atoms with E-state index >= 15 is 0 Å². The minimum Gasteiger partial charge on any atom is -0.498 e. The Kier molecular flexibility index (Phi) is 4.72. The number of hydrogen-bond donors (Lipinski definition) is 1. The van der Waals surface area contributed by atoms with E-state index < -0.39 is 5.60 Å². The summed E-state index contributed by atoms with van der Waals surface area (Å²) in [5.74, 6) is 0. The lowest BCUT2D eigenvalue weighted by atomic mass is 9.87. The molecule has 1 N–H and O–H groups in total. The quantitative estimate of drug-likeness (QED) is 0.849. The summed E-state index contributed by atoms with van der Waals surface area (Å²) in [6.07, 6.45) is 0. The van der Waals surface area contributed by atoms with Gasteiger partial charge in [-0.05, 0) is 0 Å². The molecule has 2 aromatic rings. The Morgan fingerprint density at radius 2 is 1.50 bits per heavy atom. The van der Waals surface area contributed by atoms with Crippen LogP contribution >= 0.6 is 0 Å². The molecular weight excluding hydrogens is 254 g/mol. The highest BCUT2D eigenvalue weighted by Gasteiger charge is 2.40. The van der Waals surface area contributed by atoms with E-state index in [1.165, 1.54) is 0 Å². The molecule has 0 heterocycles. The Hall–Kier alpha value is -2.35. The van der Waals surface area contributed by atoms with Crippen LogP contribution in [0.5, 0.6) is 0 Å². The molecule has 0 fully saturated rings. The SMILES string of the molecule is [O-][N+]#CC(OCCO)(c1ccccc1)c1ccccc1. The van der Waals surface area contributed by atoms with Gasteiger partial charge in [-0.3, -0.25) is 0 Å². The first-order valence-corrected chi connectivity index (χ1v) is 6.29. The molecule has 0 aromatic heterocycles. The van der Waals surface area contributed by atoms with Gasteiger partial charge in [0, 0.05) is 16.1 Å². The second kappa shape index (κ2) is 6.71. The zero-order valence-corrected chi connectivity index (χ0v) is 10.9. The Morgan fingerprint density at radius 1 is 1.00 bits per heavy atom. The lowest BCUT2D eigenvalue weighted by Gasteiger charge is -2.25. The molecule has 102 valence electrons. The third-order valence-corrected chi connectivity index (χ3v) is 2.97. The third-order valence-electron chi connectivity index (χ3n) is 2.97. The fraction of sp³-hybridized carbons (Fsp3) is 0.188. The van der Waals surface area contributed by atoms with Gasteiger partial charge >= 0.3 is 6.07 Å². The number of benzene rings is 2. The molecule has 4 nitrogen and oxygen atoms in total.